The molecule has 110 valence electrons. The number of sulfone groups is 1. The van der Waals surface area contributed by atoms with Gasteiger partial charge in [0.15, 0.2) is 9.84 Å². The minimum atomic E-state index is -3.93. The van der Waals surface area contributed by atoms with Crippen LogP contribution < -0.4 is 4.72 Å². The van der Waals surface area contributed by atoms with Crippen LogP contribution in [0.5, 0.6) is 0 Å². The highest BCUT2D eigenvalue weighted by atomic mass is 32.2. The van der Waals surface area contributed by atoms with Gasteiger partial charge in [0.1, 0.15) is 5.54 Å². The minimum absolute atomic E-state index is 0.0351. The van der Waals surface area contributed by atoms with Crippen LogP contribution >= 0.6 is 0 Å². The van der Waals surface area contributed by atoms with Gasteiger partial charge in [-0.05, 0) is 19.3 Å². The maximum atomic E-state index is 12.1. The Morgan fingerprint density at radius 3 is 2.26 bits per heavy atom. The third-order valence-electron chi connectivity index (χ3n) is 3.83. The van der Waals surface area contributed by atoms with E-state index in [1.165, 1.54) is 0 Å². The van der Waals surface area contributed by atoms with E-state index >= 15 is 0 Å². The molecule has 9 heteroatoms. The van der Waals surface area contributed by atoms with Gasteiger partial charge in [-0.2, -0.15) is 4.72 Å². The first-order chi connectivity index (χ1) is 8.67. The van der Waals surface area contributed by atoms with Crippen LogP contribution in [0, 0.1) is 0 Å². The quantitative estimate of drug-likeness (QED) is 0.722. The second-order valence-electron chi connectivity index (χ2n) is 5.27. The van der Waals surface area contributed by atoms with Gasteiger partial charge in [0, 0.05) is 0 Å². The lowest BCUT2D eigenvalue weighted by molar-refractivity contribution is -0.143. The zero-order chi connectivity index (χ0) is 14.3. The van der Waals surface area contributed by atoms with E-state index in [9.17, 15) is 26.7 Å². The Labute approximate surface area is 112 Å². The van der Waals surface area contributed by atoms with Gasteiger partial charge in [-0.1, -0.05) is 12.8 Å². The normalized spacial score (nSPS) is 29.4. The van der Waals surface area contributed by atoms with Crippen LogP contribution in [0.15, 0.2) is 0 Å². The van der Waals surface area contributed by atoms with Crippen molar-refractivity contribution in [2.24, 2.45) is 0 Å². The highest BCUT2D eigenvalue weighted by Crippen LogP contribution is 2.32. The lowest BCUT2D eigenvalue weighted by Crippen LogP contribution is -2.54. The maximum Gasteiger partial charge on any atom is 0.324 e. The smallest absolute Gasteiger partial charge is 0.324 e. The fourth-order valence-electron chi connectivity index (χ4n) is 2.70. The van der Waals surface area contributed by atoms with Gasteiger partial charge in [0.2, 0.25) is 10.0 Å². The Balaban J connectivity index is 2.19. The first-order valence-corrected chi connectivity index (χ1v) is 9.50. The summed E-state index contributed by atoms with van der Waals surface area (Å²) < 4.78 is 49.2. The summed E-state index contributed by atoms with van der Waals surface area (Å²) in [6, 6.07) is 0. The largest absolute Gasteiger partial charge is 0.480 e. The Kier molecular flexibility index (Phi) is 3.65. The average Bonchev–Trinajstić information content (AvgIpc) is 2.85. The summed E-state index contributed by atoms with van der Waals surface area (Å²) in [7, 11) is -7.25. The van der Waals surface area contributed by atoms with E-state index in [-0.39, 0.29) is 25.0 Å². The standard InChI is InChI=1S/C10H17NO6S2/c12-9(13)10(4-1-2-5-10)11-19(16,17)8-3-6-18(14,15)7-8/h8,11H,1-7H2,(H,12,13). The Morgan fingerprint density at radius 1 is 1.26 bits per heavy atom. The summed E-state index contributed by atoms with van der Waals surface area (Å²) in [4.78, 5) is 11.3. The number of carbonyl (C=O) groups is 1. The average molecular weight is 311 g/mol. The SMILES string of the molecule is O=C(O)C1(NS(=O)(=O)C2CCS(=O)(=O)C2)CCCC1. The minimum Gasteiger partial charge on any atom is -0.480 e. The number of carboxylic acid groups (broad SMARTS) is 1. The van der Waals surface area contributed by atoms with Gasteiger partial charge >= 0.3 is 5.97 Å². The molecule has 2 fully saturated rings. The van der Waals surface area contributed by atoms with Gasteiger partial charge in [0.05, 0.1) is 16.8 Å². The third-order valence-corrected chi connectivity index (χ3v) is 7.77. The summed E-state index contributed by atoms with van der Waals surface area (Å²) in [5.41, 5.74) is -1.45. The number of carboxylic acids is 1. The van der Waals surface area contributed by atoms with Crippen molar-refractivity contribution in [1.82, 2.24) is 4.72 Å². The molecule has 0 spiro atoms. The predicted octanol–water partition coefficient (Wildman–Crippen LogP) is -0.510. The number of rotatable bonds is 4. The fourth-order valence-corrected chi connectivity index (χ4v) is 7.16. The van der Waals surface area contributed by atoms with E-state index in [1.54, 1.807) is 0 Å². The molecule has 1 aliphatic carbocycles. The van der Waals surface area contributed by atoms with E-state index < -0.39 is 42.4 Å². The fraction of sp³-hybridized carbons (Fsp3) is 0.900. The summed E-state index contributed by atoms with van der Waals surface area (Å²) in [5, 5.41) is 8.19. The molecule has 1 atom stereocenters. The molecule has 0 bridgehead atoms. The highest BCUT2D eigenvalue weighted by molar-refractivity contribution is 7.95. The molecule has 7 nitrogen and oxygen atoms in total. The van der Waals surface area contributed by atoms with Crippen LogP contribution in [0.25, 0.3) is 0 Å². The molecule has 1 heterocycles. The molecule has 2 rings (SSSR count). The van der Waals surface area contributed by atoms with Crippen LogP contribution in [-0.2, 0) is 24.7 Å². The van der Waals surface area contributed by atoms with Crippen molar-refractivity contribution in [3.63, 3.8) is 0 Å². The van der Waals surface area contributed by atoms with Gasteiger partial charge in [-0.15, -0.1) is 0 Å². The van der Waals surface area contributed by atoms with Crippen molar-refractivity contribution in [1.29, 1.82) is 0 Å². The van der Waals surface area contributed by atoms with Crippen molar-refractivity contribution < 1.29 is 26.7 Å². The lowest BCUT2D eigenvalue weighted by Gasteiger charge is -2.26. The van der Waals surface area contributed by atoms with Gasteiger partial charge < -0.3 is 5.11 Å². The van der Waals surface area contributed by atoms with E-state index in [0.29, 0.717) is 12.8 Å². The van der Waals surface area contributed by atoms with E-state index in [4.69, 9.17) is 0 Å². The van der Waals surface area contributed by atoms with Crippen molar-refractivity contribution in [3.05, 3.63) is 0 Å². The topological polar surface area (TPSA) is 118 Å². The van der Waals surface area contributed by atoms with Crippen LogP contribution in [0.2, 0.25) is 0 Å². The van der Waals surface area contributed by atoms with Gasteiger partial charge in [-0.3, -0.25) is 4.79 Å². The zero-order valence-electron chi connectivity index (χ0n) is 10.3. The van der Waals surface area contributed by atoms with E-state index in [2.05, 4.69) is 4.72 Å². The van der Waals surface area contributed by atoms with Crippen molar-refractivity contribution >= 4 is 25.8 Å². The van der Waals surface area contributed by atoms with Crippen molar-refractivity contribution in [3.8, 4) is 0 Å². The first kappa shape index (κ1) is 14.7. The molecule has 0 radical (unpaired) electrons. The molecule has 0 aromatic carbocycles. The zero-order valence-corrected chi connectivity index (χ0v) is 12.0. The molecule has 0 amide bonds. The summed E-state index contributed by atoms with van der Waals surface area (Å²) in [6.07, 6.45) is 1.84. The van der Waals surface area contributed by atoms with Gasteiger partial charge in [0.25, 0.3) is 0 Å². The number of hydrogen-bond acceptors (Lipinski definition) is 5. The molecule has 0 aromatic heterocycles. The molecular weight excluding hydrogens is 294 g/mol. The number of nitrogens with one attached hydrogen (secondary N) is 1. The van der Waals surface area contributed by atoms with Crippen LogP contribution in [0.3, 0.4) is 0 Å². The Hall–Kier alpha value is -0.670. The monoisotopic (exact) mass is 311 g/mol. The summed E-state index contributed by atoms with van der Waals surface area (Å²) in [5.74, 6) is -1.76. The van der Waals surface area contributed by atoms with E-state index in [0.717, 1.165) is 0 Å². The lowest BCUT2D eigenvalue weighted by atomic mass is 10.0. The molecule has 1 aliphatic heterocycles. The molecular formula is C10H17NO6S2. The maximum absolute atomic E-state index is 12.1. The van der Waals surface area contributed by atoms with Crippen molar-refractivity contribution in [2.75, 3.05) is 11.5 Å². The second-order valence-corrected chi connectivity index (χ2v) is 9.46. The highest BCUT2D eigenvalue weighted by Gasteiger charge is 2.47. The van der Waals surface area contributed by atoms with E-state index in [1.807, 2.05) is 0 Å². The molecule has 1 saturated carbocycles. The number of aliphatic carboxylic acids is 1. The van der Waals surface area contributed by atoms with Crippen LogP contribution in [0.1, 0.15) is 32.1 Å². The molecule has 2 N–H and O–H groups in total. The van der Waals surface area contributed by atoms with Crippen LogP contribution in [0.4, 0.5) is 0 Å². The molecule has 19 heavy (non-hydrogen) atoms. The van der Waals surface area contributed by atoms with Gasteiger partial charge in [-0.25, -0.2) is 16.8 Å². The number of sulfonamides is 1. The molecule has 1 unspecified atom stereocenters. The first-order valence-electron chi connectivity index (χ1n) is 6.14. The summed E-state index contributed by atoms with van der Waals surface area (Å²) >= 11 is 0. The Bertz CT molecular complexity index is 573. The third kappa shape index (κ3) is 2.92. The number of hydrogen-bond donors (Lipinski definition) is 2. The molecule has 1 saturated heterocycles. The second kappa shape index (κ2) is 4.71. The Morgan fingerprint density at radius 2 is 1.84 bits per heavy atom. The molecule has 0 aromatic rings. The molecule has 2 aliphatic rings. The predicted molar refractivity (Wildman–Crippen MR) is 67.9 cm³/mol. The van der Waals surface area contributed by atoms with Crippen LogP contribution in [-0.4, -0.2) is 50.2 Å². The summed E-state index contributed by atoms with van der Waals surface area (Å²) in [6.45, 7) is 0. The van der Waals surface area contributed by atoms with Crippen molar-refractivity contribution in [2.45, 2.75) is 42.9 Å².